The first-order valence-corrected chi connectivity index (χ1v) is 2.01. The van der Waals surface area contributed by atoms with Gasteiger partial charge in [-0.05, 0) is 6.92 Å². The minimum Gasteiger partial charge on any atom is -0.308 e. The molecule has 1 rings (SSSR count). The van der Waals surface area contributed by atoms with Gasteiger partial charge in [-0.25, -0.2) is 4.39 Å². The van der Waals surface area contributed by atoms with Crippen molar-refractivity contribution in [2.45, 2.75) is 12.2 Å². The van der Waals surface area contributed by atoms with Crippen LogP contribution in [0.3, 0.4) is 0 Å². The molecule has 0 aromatic heterocycles. The molecule has 1 nitrogen and oxygen atoms in total. The smallest absolute Gasteiger partial charge is 0.128 e. The number of nitrogens with one attached hydrogen (secondary N) is 1. The third-order valence-electron chi connectivity index (χ3n) is 1.01. The Kier molecular flexibility index (Phi) is 0.804. The van der Waals surface area contributed by atoms with Crippen LogP contribution in [0.25, 0.3) is 0 Å². The second-order valence-electron chi connectivity index (χ2n) is 1.53. The van der Waals surface area contributed by atoms with Gasteiger partial charge in [-0.2, -0.15) is 0 Å². The molecule has 2 atom stereocenters. The van der Waals surface area contributed by atoms with Crippen LogP contribution in [0.4, 0.5) is 4.39 Å². The summed E-state index contributed by atoms with van der Waals surface area (Å²) >= 11 is 0. The summed E-state index contributed by atoms with van der Waals surface area (Å²) in [4.78, 5) is 0. The van der Waals surface area contributed by atoms with Crippen LogP contribution in [0.1, 0.15) is 0 Å². The van der Waals surface area contributed by atoms with Gasteiger partial charge in [0.25, 0.3) is 0 Å². The fourth-order valence-electron chi connectivity index (χ4n) is 0.374. The van der Waals surface area contributed by atoms with Crippen LogP contribution in [-0.2, 0) is 0 Å². The van der Waals surface area contributed by atoms with Gasteiger partial charge in [0.15, 0.2) is 0 Å². The first-order chi connectivity index (χ1) is 2.80. The molecule has 0 saturated carbocycles. The summed E-state index contributed by atoms with van der Waals surface area (Å²) in [6, 6.07) is -0.134. The van der Waals surface area contributed by atoms with Crippen LogP contribution in [0.2, 0.25) is 0 Å². The summed E-state index contributed by atoms with van der Waals surface area (Å²) in [7, 11) is 0. The maximum Gasteiger partial charge on any atom is 0.128 e. The molecule has 1 radical (unpaired) electrons. The standard InChI is InChI=1S/C4H7FN/c1-3-4(5)2-6-3/h3-4,6H,1-2H2. The van der Waals surface area contributed by atoms with E-state index in [4.69, 9.17) is 0 Å². The van der Waals surface area contributed by atoms with Crippen LogP contribution >= 0.6 is 0 Å². The Balaban J connectivity index is 2.20. The van der Waals surface area contributed by atoms with E-state index in [-0.39, 0.29) is 6.04 Å². The van der Waals surface area contributed by atoms with Crippen LogP contribution < -0.4 is 5.32 Å². The highest BCUT2D eigenvalue weighted by atomic mass is 19.1. The van der Waals surface area contributed by atoms with E-state index in [0.29, 0.717) is 6.54 Å². The largest absolute Gasteiger partial charge is 0.308 e. The summed E-state index contributed by atoms with van der Waals surface area (Å²) in [5.41, 5.74) is 0. The molecule has 0 aliphatic carbocycles. The number of rotatable bonds is 0. The quantitative estimate of drug-likeness (QED) is 0.444. The molecule has 1 fully saturated rings. The first kappa shape index (κ1) is 4.06. The van der Waals surface area contributed by atoms with Gasteiger partial charge in [0, 0.05) is 12.6 Å². The predicted molar refractivity (Wildman–Crippen MR) is 22.0 cm³/mol. The van der Waals surface area contributed by atoms with E-state index < -0.39 is 6.17 Å². The maximum absolute atomic E-state index is 11.8. The fourth-order valence-corrected chi connectivity index (χ4v) is 0.374. The summed E-state index contributed by atoms with van der Waals surface area (Å²) in [6.45, 7) is 3.93. The van der Waals surface area contributed by atoms with E-state index in [9.17, 15) is 4.39 Å². The number of alkyl halides is 1. The highest BCUT2D eigenvalue weighted by Crippen LogP contribution is 2.04. The minimum absolute atomic E-state index is 0.134. The van der Waals surface area contributed by atoms with Gasteiger partial charge in [-0.1, -0.05) is 0 Å². The van der Waals surface area contributed by atoms with Crippen molar-refractivity contribution >= 4 is 0 Å². The summed E-state index contributed by atoms with van der Waals surface area (Å²) in [5.74, 6) is 0. The fraction of sp³-hybridized carbons (Fsp3) is 0.750. The SMILES string of the molecule is [CH2]C1NCC1F. The van der Waals surface area contributed by atoms with Gasteiger partial charge in [0.05, 0.1) is 0 Å². The third-order valence-corrected chi connectivity index (χ3v) is 1.01. The molecule has 2 heteroatoms. The van der Waals surface area contributed by atoms with Crippen molar-refractivity contribution in [3.05, 3.63) is 6.92 Å². The molecule has 1 heterocycles. The summed E-state index contributed by atoms with van der Waals surface area (Å²) in [5, 5.41) is 2.77. The van der Waals surface area contributed by atoms with E-state index in [2.05, 4.69) is 12.2 Å². The van der Waals surface area contributed by atoms with Gasteiger partial charge in [-0.15, -0.1) is 0 Å². The van der Waals surface area contributed by atoms with Crippen molar-refractivity contribution in [3.8, 4) is 0 Å². The second kappa shape index (κ2) is 1.19. The topological polar surface area (TPSA) is 12.0 Å². The number of halogens is 1. The van der Waals surface area contributed by atoms with Gasteiger partial charge in [-0.3, -0.25) is 0 Å². The molecule has 6 heavy (non-hydrogen) atoms. The Morgan fingerprint density at radius 2 is 2.33 bits per heavy atom. The number of hydrogen-bond acceptors (Lipinski definition) is 1. The Labute approximate surface area is 36.5 Å². The average molecular weight is 88.1 g/mol. The van der Waals surface area contributed by atoms with Crippen molar-refractivity contribution < 1.29 is 4.39 Å². The molecule has 0 amide bonds. The predicted octanol–water partition coefficient (Wildman–Crippen LogP) is 0.130. The third kappa shape index (κ3) is 0.411. The zero-order chi connectivity index (χ0) is 4.57. The van der Waals surface area contributed by atoms with Crippen molar-refractivity contribution in [1.82, 2.24) is 5.32 Å². The molecule has 1 aliphatic rings. The van der Waals surface area contributed by atoms with Crippen LogP contribution in [0.15, 0.2) is 0 Å². The van der Waals surface area contributed by atoms with Gasteiger partial charge in [0.1, 0.15) is 6.17 Å². The van der Waals surface area contributed by atoms with Gasteiger partial charge >= 0.3 is 0 Å². The highest BCUT2D eigenvalue weighted by molar-refractivity contribution is 4.89. The molecule has 0 aromatic carbocycles. The lowest BCUT2D eigenvalue weighted by Crippen LogP contribution is -2.52. The zero-order valence-electron chi connectivity index (χ0n) is 3.45. The second-order valence-corrected chi connectivity index (χ2v) is 1.53. The lowest BCUT2D eigenvalue weighted by Gasteiger charge is -2.27. The first-order valence-electron chi connectivity index (χ1n) is 2.01. The van der Waals surface area contributed by atoms with Gasteiger partial charge < -0.3 is 5.32 Å². The summed E-state index contributed by atoms with van der Waals surface area (Å²) in [6.07, 6.45) is -0.690. The molecule has 0 spiro atoms. The van der Waals surface area contributed by atoms with Gasteiger partial charge in [0.2, 0.25) is 0 Å². The highest BCUT2D eigenvalue weighted by Gasteiger charge is 2.24. The van der Waals surface area contributed by atoms with Crippen molar-refractivity contribution in [2.24, 2.45) is 0 Å². The van der Waals surface area contributed by atoms with Crippen molar-refractivity contribution in [1.29, 1.82) is 0 Å². The van der Waals surface area contributed by atoms with Crippen LogP contribution in [0, 0.1) is 6.92 Å². The molecule has 2 unspecified atom stereocenters. The maximum atomic E-state index is 11.8. The van der Waals surface area contributed by atoms with Crippen molar-refractivity contribution in [3.63, 3.8) is 0 Å². The lowest BCUT2D eigenvalue weighted by molar-refractivity contribution is 0.188. The Bertz CT molecular complexity index is 47.5. The van der Waals surface area contributed by atoms with Crippen LogP contribution in [0.5, 0.6) is 0 Å². The Morgan fingerprint density at radius 1 is 1.83 bits per heavy atom. The molecule has 35 valence electrons. The van der Waals surface area contributed by atoms with E-state index >= 15 is 0 Å². The summed E-state index contributed by atoms with van der Waals surface area (Å²) < 4.78 is 11.8. The molecule has 0 aromatic rings. The zero-order valence-corrected chi connectivity index (χ0v) is 3.45. The lowest BCUT2D eigenvalue weighted by atomic mass is 10.1. The Hall–Kier alpha value is -0.110. The van der Waals surface area contributed by atoms with Crippen LogP contribution in [-0.4, -0.2) is 18.8 Å². The molecular weight excluding hydrogens is 81.0 g/mol. The molecule has 0 bridgehead atoms. The van der Waals surface area contributed by atoms with E-state index in [1.807, 2.05) is 0 Å². The molecular formula is C4H7FN. The van der Waals surface area contributed by atoms with E-state index in [1.165, 1.54) is 0 Å². The molecule has 1 saturated heterocycles. The molecule has 1 N–H and O–H groups in total. The van der Waals surface area contributed by atoms with E-state index in [0.717, 1.165) is 0 Å². The minimum atomic E-state index is -0.690. The monoisotopic (exact) mass is 88.1 g/mol. The normalized spacial score (nSPS) is 45.0. The Morgan fingerprint density at radius 3 is 2.33 bits per heavy atom. The average Bonchev–Trinajstić information content (AvgIpc) is 1.61. The van der Waals surface area contributed by atoms with E-state index in [1.54, 1.807) is 0 Å². The number of hydrogen-bond donors (Lipinski definition) is 1. The molecule has 1 aliphatic heterocycles. The van der Waals surface area contributed by atoms with Crippen molar-refractivity contribution in [2.75, 3.05) is 6.54 Å².